The summed E-state index contributed by atoms with van der Waals surface area (Å²) in [6.07, 6.45) is 0. The lowest BCUT2D eigenvalue weighted by Crippen LogP contribution is -2.16. The van der Waals surface area contributed by atoms with E-state index in [9.17, 15) is 0 Å². The number of rotatable bonds is 3. The number of nitrogens with two attached hydrogens (primary N) is 1. The van der Waals surface area contributed by atoms with Crippen LogP contribution in [0, 0.1) is 0 Å². The smallest absolute Gasteiger partial charge is 0.0795 e. The third-order valence-electron chi connectivity index (χ3n) is 1.18. The van der Waals surface area contributed by atoms with Gasteiger partial charge < -0.3 is 10.5 Å². The van der Waals surface area contributed by atoms with Crippen molar-refractivity contribution in [2.24, 2.45) is 5.73 Å². The summed E-state index contributed by atoms with van der Waals surface area (Å²) in [4.78, 5) is 4.05. The Bertz CT molecular complexity index is 176. The fourth-order valence-corrected chi connectivity index (χ4v) is 1.29. The topological polar surface area (TPSA) is 48.1 Å². The highest BCUT2D eigenvalue weighted by molar-refractivity contribution is 7.07. The summed E-state index contributed by atoms with van der Waals surface area (Å²) in [5.41, 5.74) is 8.35. The number of nitrogens with zero attached hydrogens (tertiary/aromatic N) is 1. The normalized spacial score (nSPS) is 13.4. The molecule has 1 aromatic heterocycles. The highest BCUT2D eigenvalue weighted by Crippen LogP contribution is 2.09. The monoisotopic (exact) mass is 158 g/mol. The molecule has 1 rings (SSSR count). The summed E-state index contributed by atoms with van der Waals surface area (Å²) in [6.45, 7) is 0.531. The molecule has 0 aliphatic heterocycles. The molecule has 4 heteroatoms. The van der Waals surface area contributed by atoms with Gasteiger partial charge in [0.05, 0.1) is 23.9 Å². The summed E-state index contributed by atoms with van der Waals surface area (Å²) in [5, 5.41) is 1.93. The van der Waals surface area contributed by atoms with Gasteiger partial charge >= 0.3 is 0 Å². The quantitative estimate of drug-likeness (QED) is 0.707. The Morgan fingerprint density at radius 1 is 1.90 bits per heavy atom. The minimum atomic E-state index is -0.0729. The van der Waals surface area contributed by atoms with Crippen molar-refractivity contribution in [2.45, 2.75) is 6.04 Å². The van der Waals surface area contributed by atoms with E-state index in [0.29, 0.717) is 6.61 Å². The standard InChI is InChI=1S/C6H10N2OS/c1-9-2-5(7)6-3-10-4-8-6/h3-5H,2,7H2,1H3. The van der Waals surface area contributed by atoms with Gasteiger partial charge in [-0.2, -0.15) is 0 Å². The average molecular weight is 158 g/mol. The molecule has 56 valence electrons. The van der Waals surface area contributed by atoms with Crippen LogP contribution in [0.5, 0.6) is 0 Å². The van der Waals surface area contributed by atoms with E-state index in [0.717, 1.165) is 5.69 Å². The molecule has 0 saturated carbocycles. The number of methoxy groups -OCH3 is 1. The third kappa shape index (κ3) is 1.76. The van der Waals surface area contributed by atoms with Gasteiger partial charge in [-0.25, -0.2) is 4.98 Å². The highest BCUT2D eigenvalue weighted by atomic mass is 32.1. The first-order valence-electron chi connectivity index (χ1n) is 2.97. The minimum absolute atomic E-state index is 0.0729. The van der Waals surface area contributed by atoms with Crippen molar-refractivity contribution in [2.75, 3.05) is 13.7 Å². The fraction of sp³-hybridized carbons (Fsp3) is 0.500. The molecule has 0 amide bonds. The van der Waals surface area contributed by atoms with Crippen LogP contribution >= 0.6 is 11.3 Å². The van der Waals surface area contributed by atoms with Crippen LogP contribution in [0.1, 0.15) is 11.7 Å². The predicted octanol–water partition coefficient (Wildman–Crippen LogP) is 0.789. The van der Waals surface area contributed by atoms with E-state index >= 15 is 0 Å². The molecule has 0 fully saturated rings. The van der Waals surface area contributed by atoms with Gasteiger partial charge in [0.25, 0.3) is 0 Å². The number of hydrogen-bond donors (Lipinski definition) is 1. The number of thiazole rings is 1. The average Bonchev–Trinajstić information content (AvgIpc) is 2.38. The van der Waals surface area contributed by atoms with Crippen molar-refractivity contribution >= 4 is 11.3 Å². The first-order valence-corrected chi connectivity index (χ1v) is 3.91. The molecule has 10 heavy (non-hydrogen) atoms. The number of aromatic nitrogens is 1. The second-order valence-corrected chi connectivity index (χ2v) is 2.69. The maximum absolute atomic E-state index is 5.67. The van der Waals surface area contributed by atoms with Gasteiger partial charge in [0.1, 0.15) is 0 Å². The zero-order valence-corrected chi connectivity index (χ0v) is 6.60. The molecule has 3 nitrogen and oxygen atoms in total. The number of ether oxygens (including phenoxy) is 1. The van der Waals surface area contributed by atoms with E-state index in [2.05, 4.69) is 4.98 Å². The van der Waals surface area contributed by atoms with E-state index < -0.39 is 0 Å². The molecule has 1 unspecified atom stereocenters. The van der Waals surface area contributed by atoms with Crippen LogP contribution in [0.3, 0.4) is 0 Å². The van der Waals surface area contributed by atoms with Crippen molar-refractivity contribution in [1.29, 1.82) is 0 Å². The Balaban J connectivity index is 2.50. The van der Waals surface area contributed by atoms with E-state index in [-0.39, 0.29) is 6.04 Å². The van der Waals surface area contributed by atoms with Crippen molar-refractivity contribution in [3.63, 3.8) is 0 Å². The Morgan fingerprint density at radius 2 is 2.70 bits per heavy atom. The maximum atomic E-state index is 5.67. The second kappa shape index (κ2) is 3.65. The zero-order valence-electron chi connectivity index (χ0n) is 5.78. The summed E-state index contributed by atoms with van der Waals surface area (Å²) >= 11 is 1.55. The van der Waals surface area contributed by atoms with E-state index in [1.165, 1.54) is 0 Å². The Morgan fingerprint density at radius 3 is 3.20 bits per heavy atom. The van der Waals surface area contributed by atoms with Crippen LogP contribution in [0.4, 0.5) is 0 Å². The molecule has 0 aromatic carbocycles. The third-order valence-corrected chi connectivity index (χ3v) is 1.78. The fourth-order valence-electron chi connectivity index (χ4n) is 0.670. The van der Waals surface area contributed by atoms with Crippen LogP contribution in [0.25, 0.3) is 0 Å². The largest absolute Gasteiger partial charge is 0.383 e. The molecular weight excluding hydrogens is 148 g/mol. The lowest BCUT2D eigenvalue weighted by atomic mass is 10.3. The number of hydrogen-bond acceptors (Lipinski definition) is 4. The first-order chi connectivity index (χ1) is 4.84. The van der Waals surface area contributed by atoms with E-state index in [1.807, 2.05) is 5.38 Å². The Hall–Kier alpha value is -0.450. The molecule has 0 radical (unpaired) electrons. The molecule has 0 bridgehead atoms. The molecule has 1 atom stereocenters. The van der Waals surface area contributed by atoms with Crippen LogP contribution in [-0.2, 0) is 4.74 Å². The zero-order chi connectivity index (χ0) is 7.40. The Kier molecular flexibility index (Phi) is 2.80. The van der Waals surface area contributed by atoms with Gasteiger partial charge in [0.2, 0.25) is 0 Å². The molecule has 0 aliphatic rings. The molecular formula is C6H10N2OS. The van der Waals surface area contributed by atoms with Gasteiger partial charge in [-0.1, -0.05) is 0 Å². The second-order valence-electron chi connectivity index (χ2n) is 1.98. The van der Waals surface area contributed by atoms with Gasteiger partial charge in [0, 0.05) is 12.5 Å². The van der Waals surface area contributed by atoms with Crippen molar-refractivity contribution < 1.29 is 4.74 Å². The summed E-state index contributed by atoms with van der Waals surface area (Å²) in [6, 6.07) is -0.0729. The van der Waals surface area contributed by atoms with Gasteiger partial charge in [-0.3, -0.25) is 0 Å². The van der Waals surface area contributed by atoms with E-state index in [4.69, 9.17) is 10.5 Å². The van der Waals surface area contributed by atoms with Crippen LogP contribution < -0.4 is 5.73 Å². The van der Waals surface area contributed by atoms with Gasteiger partial charge in [0.15, 0.2) is 0 Å². The van der Waals surface area contributed by atoms with Crippen molar-refractivity contribution in [3.8, 4) is 0 Å². The first kappa shape index (κ1) is 7.65. The maximum Gasteiger partial charge on any atom is 0.0795 e. The van der Waals surface area contributed by atoms with Crippen molar-refractivity contribution in [3.05, 3.63) is 16.6 Å². The van der Waals surface area contributed by atoms with Crippen LogP contribution in [-0.4, -0.2) is 18.7 Å². The van der Waals surface area contributed by atoms with E-state index in [1.54, 1.807) is 24.0 Å². The molecule has 1 heterocycles. The van der Waals surface area contributed by atoms with Crippen LogP contribution in [0.15, 0.2) is 10.9 Å². The van der Waals surface area contributed by atoms with Crippen molar-refractivity contribution in [1.82, 2.24) is 4.98 Å². The SMILES string of the molecule is COCC(N)c1cscn1. The predicted molar refractivity (Wildman–Crippen MR) is 40.9 cm³/mol. The highest BCUT2D eigenvalue weighted by Gasteiger charge is 2.05. The summed E-state index contributed by atoms with van der Waals surface area (Å²) in [5.74, 6) is 0. The Labute approximate surface area is 63.8 Å². The molecule has 0 spiro atoms. The lowest BCUT2D eigenvalue weighted by molar-refractivity contribution is 0.180. The van der Waals surface area contributed by atoms with Gasteiger partial charge in [-0.05, 0) is 0 Å². The lowest BCUT2D eigenvalue weighted by Gasteiger charge is -2.05. The van der Waals surface area contributed by atoms with Gasteiger partial charge in [-0.15, -0.1) is 11.3 Å². The summed E-state index contributed by atoms with van der Waals surface area (Å²) in [7, 11) is 1.63. The van der Waals surface area contributed by atoms with Crippen LogP contribution in [0.2, 0.25) is 0 Å². The molecule has 2 N–H and O–H groups in total. The summed E-state index contributed by atoms with van der Waals surface area (Å²) < 4.78 is 4.87. The minimum Gasteiger partial charge on any atom is -0.383 e. The molecule has 0 saturated heterocycles. The molecule has 1 aromatic rings. The molecule has 0 aliphatic carbocycles.